The smallest absolute Gasteiger partial charge is 0.490 e. The van der Waals surface area contributed by atoms with Crippen LogP contribution < -0.4 is 15.8 Å². The third-order valence-corrected chi connectivity index (χ3v) is 7.96. The van der Waals surface area contributed by atoms with Gasteiger partial charge in [-0.1, -0.05) is 6.07 Å². The molecule has 32 heavy (non-hydrogen) atoms. The molecule has 0 atom stereocenters. The highest BCUT2D eigenvalue weighted by molar-refractivity contribution is 7.91. The molecule has 2 heterocycles. The van der Waals surface area contributed by atoms with Crippen LogP contribution in [0.5, 0.6) is 5.75 Å². The highest BCUT2D eigenvalue weighted by atomic mass is 32.2. The molecule has 1 saturated heterocycles. The fraction of sp³-hybridized carbons (Fsp3) is 0.421. The van der Waals surface area contributed by atoms with Crippen molar-refractivity contribution in [3.8, 4) is 5.75 Å². The minimum absolute atomic E-state index is 0.109. The topological polar surface area (TPSA) is 122 Å². The molecule has 1 aromatic heterocycles. The lowest BCUT2D eigenvalue weighted by molar-refractivity contribution is -0.192. The number of carboxylic acids is 1. The van der Waals surface area contributed by atoms with Crippen LogP contribution in [0, 0.1) is 0 Å². The van der Waals surface area contributed by atoms with Gasteiger partial charge in [0.05, 0.1) is 7.11 Å². The number of thiophene rings is 1. The van der Waals surface area contributed by atoms with E-state index in [9.17, 15) is 21.6 Å². The summed E-state index contributed by atoms with van der Waals surface area (Å²) < 4.78 is 64.3. The fourth-order valence-corrected chi connectivity index (χ4v) is 5.68. The minimum Gasteiger partial charge on any atom is -0.497 e. The zero-order valence-electron chi connectivity index (χ0n) is 17.1. The van der Waals surface area contributed by atoms with E-state index in [4.69, 9.17) is 20.4 Å². The van der Waals surface area contributed by atoms with Crippen molar-refractivity contribution in [3.05, 3.63) is 41.3 Å². The van der Waals surface area contributed by atoms with E-state index in [1.165, 1.54) is 11.3 Å². The Morgan fingerprint density at radius 3 is 2.47 bits per heavy atom. The van der Waals surface area contributed by atoms with E-state index in [0.717, 1.165) is 29.2 Å². The zero-order valence-corrected chi connectivity index (χ0v) is 18.8. The molecular weight excluding hydrogens is 471 g/mol. The SMILES string of the molecule is COc1cccc(NCc2ccc(S(=O)(=O)N3CCC(N)CC3)s2)c1.O=C(O)C(F)(F)F. The second-order valence-corrected chi connectivity index (χ2v) is 10.2. The maximum Gasteiger partial charge on any atom is 0.490 e. The van der Waals surface area contributed by atoms with Crippen LogP contribution in [-0.4, -0.2) is 56.2 Å². The quantitative estimate of drug-likeness (QED) is 0.563. The van der Waals surface area contributed by atoms with Gasteiger partial charge in [0.1, 0.15) is 9.96 Å². The summed E-state index contributed by atoms with van der Waals surface area (Å²) in [6, 6.07) is 11.3. The van der Waals surface area contributed by atoms with Gasteiger partial charge < -0.3 is 20.9 Å². The molecule has 0 unspecified atom stereocenters. The van der Waals surface area contributed by atoms with E-state index in [2.05, 4.69) is 5.32 Å². The first kappa shape index (κ1) is 25.9. The van der Waals surface area contributed by atoms with E-state index >= 15 is 0 Å². The van der Waals surface area contributed by atoms with Crippen molar-refractivity contribution in [2.75, 3.05) is 25.5 Å². The van der Waals surface area contributed by atoms with Gasteiger partial charge in [-0.15, -0.1) is 11.3 Å². The zero-order chi connectivity index (χ0) is 23.9. The van der Waals surface area contributed by atoms with Gasteiger partial charge in [-0.05, 0) is 37.1 Å². The number of alkyl halides is 3. The molecule has 0 bridgehead atoms. The summed E-state index contributed by atoms with van der Waals surface area (Å²) in [6.07, 6.45) is -3.65. The van der Waals surface area contributed by atoms with E-state index in [1.54, 1.807) is 17.5 Å². The van der Waals surface area contributed by atoms with Gasteiger partial charge in [0.2, 0.25) is 0 Å². The molecule has 178 valence electrons. The number of nitrogens with one attached hydrogen (secondary N) is 1. The van der Waals surface area contributed by atoms with Crippen LogP contribution in [0.2, 0.25) is 0 Å². The summed E-state index contributed by atoms with van der Waals surface area (Å²) in [5.41, 5.74) is 6.80. The number of hydrogen-bond acceptors (Lipinski definition) is 7. The van der Waals surface area contributed by atoms with Gasteiger partial charge in [-0.25, -0.2) is 13.2 Å². The molecule has 0 spiro atoms. The van der Waals surface area contributed by atoms with Crippen molar-refractivity contribution in [1.82, 2.24) is 4.31 Å². The summed E-state index contributed by atoms with van der Waals surface area (Å²) in [7, 11) is -1.78. The van der Waals surface area contributed by atoms with E-state index in [-0.39, 0.29) is 6.04 Å². The van der Waals surface area contributed by atoms with Crippen molar-refractivity contribution < 1.29 is 36.2 Å². The van der Waals surface area contributed by atoms with Crippen LogP contribution in [0.15, 0.2) is 40.6 Å². The molecule has 4 N–H and O–H groups in total. The molecule has 0 radical (unpaired) electrons. The van der Waals surface area contributed by atoms with Crippen LogP contribution in [0.25, 0.3) is 0 Å². The molecule has 0 amide bonds. The van der Waals surface area contributed by atoms with Gasteiger partial charge in [-0.3, -0.25) is 0 Å². The van der Waals surface area contributed by atoms with Gasteiger partial charge in [0.25, 0.3) is 10.0 Å². The average molecular weight is 496 g/mol. The number of methoxy groups -OCH3 is 1. The Morgan fingerprint density at radius 2 is 1.91 bits per heavy atom. The minimum atomic E-state index is -5.08. The number of halogens is 3. The van der Waals surface area contributed by atoms with Crippen molar-refractivity contribution in [2.45, 2.75) is 35.8 Å². The second kappa shape index (κ2) is 11.0. The normalized spacial score (nSPS) is 15.5. The number of nitrogens with zero attached hydrogens (tertiary/aromatic N) is 1. The first-order valence-electron chi connectivity index (χ1n) is 9.46. The number of benzene rings is 1. The molecule has 1 fully saturated rings. The predicted molar refractivity (Wildman–Crippen MR) is 114 cm³/mol. The van der Waals surface area contributed by atoms with Crippen LogP contribution in [0.1, 0.15) is 17.7 Å². The first-order valence-corrected chi connectivity index (χ1v) is 11.7. The number of carbonyl (C=O) groups is 1. The molecule has 3 rings (SSSR count). The number of piperidine rings is 1. The first-order chi connectivity index (χ1) is 14.9. The van der Waals surface area contributed by atoms with E-state index in [0.29, 0.717) is 23.8 Å². The maximum absolute atomic E-state index is 12.7. The Bertz CT molecular complexity index is 1000. The lowest BCUT2D eigenvalue weighted by Gasteiger charge is -2.28. The molecule has 1 aromatic carbocycles. The van der Waals surface area contributed by atoms with Crippen molar-refractivity contribution in [1.29, 1.82) is 0 Å². The standard InChI is InChI=1S/C17H23N3O3S2.C2HF3O2/c1-23-15-4-2-3-14(11-15)19-12-16-5-6-17(24-16)25(21,22)20-9-7-13(18)8-10-20;3-2(4,5)1(6)7/h2-6,11,13,19H,7-10,12,18H2,1H3;(H,6,7). The summed E-state index contributed by atoms with van der Waals surface area (Å²) in [6.45, 7) is 1.57. The van der Waals surface area contributed by atoms with Crippen LogP contribution in [0.3, 0.4) is 0 Å². The molecular formula is C19H24F3N3O5S2. The largest absolute Gasteiger partial charge is 0.497 e. The maximum atomic E-state index is 12.7. The second-order valence-electron chi connectivity index (χ2n) is 6.85. The number of hydrogen-bond donors (Lipinski definition) is 3. The Kier molecular flexibility index (Phi) is 8.89. The lowest BCUT2D eigenvalue weighted by Crippen LogP contribution is -2.42. The van der Waals surface area contributed by atoms with Crippen LogP contribution >= 0.6 is 11.3 Å². The number of ether oxygens (including phenoxy) is 1. The summed E-state index contributed by atoms with van der Waals surface area (Å²) in [4.78, 5) is 9.86. The molecule has 0 aliphatic carbocycles. The number of anilines is 1. The molecule has 2 aromatic rings. The summed E-state index contributed by atoms with van der Waals surface area (Å²) in [5.74, 6) is -1.98. The molecule has 13 heteroatoms. The molecule has 0 saturated carbocycles. The van der Waals surface area contributed by atoms with Crippen molar-refractivity contribution in [2.24, 2.45) is 5.73 Å². The fourth-order valence-electron chi connectivity index (χ4n) is 2.76. The average Bonchev–Trinajstić information content (AvgIpc) is 3.22. The van der Waals surface area contributed by atoms with Crippen molar-refractivity contribution >= 4 is 33.0 Å². The van der Waals surface area contributed by atoms with Gasteiger partial charge in [0, 0.05) is 42.3 Å². The Hall–Kier alpha value is -2.35. The molecule has 1 aliphatic heterocycles. The van der Waals surface area contributed by atoms with Gasteiger partial charge in [-0.2, -0.15) is 17.5 Å². The lowest BCUT2D eigenvalue weighted by atomic mass is 10.1. The number of aliphatic carboxylic acids is 1. The van der Waals surface area contributed by atoms with Gasteiger partial charge in [0.15, 0.2) is 0 Å². The molecule has 1 aliphatic rings. The van der Waals surface area contributed by atoms with Crippen LogP contribution in [-0.2, 0) is 21.4 Å². The highest BCUT2D eigenvalue weighted by Gasteiger charge is 2.38. The third-order valence-electron chi connectivity index (χ3n) is 4.51. The Morgan fingerprint density at radius 1 is 1.28 bits per heavy atom. The summed E-state index contributed by atoms with van der Waals surface area (Å²) >= 11 is 1.31. The number of sulfonamides is 1. The van der Waals surface area contributed by atoms with Gasteiger partial charge >= 0.3 is 12.1 Å². The summed E-state index contributed by atoms with van der Waals surface area (Å²) in [5, 5.41) is 10.4. The number of carboxylic acid groups (broad SMARTS) is 1. The third kappa shape index (κ3) is 7.36. The molecule has 8 nitrogen and oxygen atoms in total. The highest BCUT2D eigenvalue weighted by Crippen LogP contribution is 2.28. The van der Waals surface area contributed by atoms with E-state index in [1.807, 2.05) is 30.3 Å². The number of rotatable bonds is 6. The Balaban J connectivity index is 0.000000451. The Labute approximate surface area is 187 Å². The van der Waals surface area contributed by atoms with Crippen LogP contribution in [0.4, 0.5) is 18.9 Å². The predicted octanol–water partition coefficient (Wildman–Crippen LogP) is 3.11. The van der Waals surface area contributed by atoms with E-state index < -0.39 is 22.2 Å². The monoisotopic (exact) mass is 495 g/mol. The number of nitrogens with two attached hydrogens (primary N) is 1. The van der Waals surface area contributed by atoms with Crippen molar-refractivity contribution in [3.63, 3.8) is 0 Å².